The first-order valence-corrected chi connectivity index (χ1v) is 5.02. The summed E-state index contributed by atoms with van der Waals surface area (Å²) in [5.41, 5.74) is 0.949. The van der Waals surface area contributed by atoms with Crippen LogP contribution in [0.25, 0.3) is 0 Å². The highest BCUT2D eigenvalue weighted by atomic mass is 16.5. The molecule has 0 radical (unpaired) electrons. The summed E-state index contributed by atoms with van der Waals surface area (Å²) in [6.07, 6.45) is 0.0696. The van der Waals surface area contributed by atoms with E-state index < -0.39 is 5.97 Å². The van der Waals surface area contributed by atoms with E-state index in [0.29, 0.717) is 6.61 Å². The fourth-order valence-electron chi connectivity index (χ4n) is 1.56. The number of carboxylic acid groups (broad SMARTS) is 1. The molecular weight excluding hydrogens is 208 g/mol. The zero-order valence-corrected chi connectivity index (χ0v) is 9.47. The molecule has 0 saturated carbocycles. The van der Waals surface area contributed by atoms with E-state index in [-0.39, 0.29) is 12.3 Å². The average molecular weight is 224 g/mol. The molecular formula is C12H16O4. The van der Waals surface area contributed by atoms with Crippen LogP contribution in [-0.4, -0.2) is 31.9 Å². The predicted octanol–water partition coefficient (Wildman–Crippen LogP) is 1.90. The van der Waals surface area contributed by atoms with Gasteiger partial charge in [0.1, 0.15) is 5.75 Å². The van der Waals surface area contributed by atoms with Gasteiger partial charge in [0.15, 0.2) is 0 Å². The molecule has 0 saturated heterocycles. The molecule has 16 heavy (non-hydrogen) atoms. The van der Waals surface area contributed by atoms with Crippen LogP contribution in [0.4, 0.5) is 0 Å². The van der Waals surface area contributed by atoms with Crippen molar-refractivity contribution in [3.8, 4) is 5.75 Å². The van der Waals surface area contributed by atoms with Crippen LogP contribution in [0.5, 0.6) is 5.75 Å². The van der Waals surface area contributed by atoms with E-state index in [9.17, 15) is 4.79 Å². The fourth-order valence-corrected chi connectivity index (χ4v) is 1.56. The maximum Gasteiger partial charge on any atom is 0.304 e. The van der Waals surface area contributed by atoms with Crippen LogP contribution in [0, 0.1) is 0 Å². The number of hydrogen-bond acceptors (Lipinski definition) is 3. The predicted molar refractivity (Wildman–Crippen MR) is 59.9 cm³/mol. The molecule has 88 valence electrons. The molecule has 1 N–H and O–H groups in total. The Bertz CT molecular complexity index is 331. The maximum absolute atomic E-state index is 10.7. The number of ether oxygens (including phenoxy) is 2. The van der Waals surface area contributed by atoms with Gasteiger partial charge in [0.2, 0.25) is 0 Å². The Hall–Kier alpha value is -1.55. The van der Waals surface area contributed by atoms with Gasteiger partial charge in [-0.05, 0) is 17.7 Å². The molecule has 0 aromatic heterocycles. The van der Waals surface area contributed by atoms with Gasteiger partial charge in [-0.2, -0.15) is 0 Å². The van der Waals surface area contributed by atoms with Gasteiger partial charge in [-0.3, -0.25) is 4.79 Å². The summed E-state index contributed by atoms with van der Waals surface area (Å²) in [5.74, 6) is -0.179. The number of carboxylic acids is 1. The van der Waals surface area contributed by atoms with Crippen molar-refractivity contribution < 1.29 is 19.4 Å². The number of aliphatic carboxylic acids is 1. The van der Waals surface area contributed by atoms with Gasteiger partial charge in [0.05, 0.1) is 20.1 Å². The van der Waals surface area contributed by atoms with Gasteiger partial charge in [0, 0.05) is 13.0 Å². The highest BCUT2D eigenvalue weighted by Gasteiger charge is 2.15. The van der Waals surface area contributed by atoms with Crippen LogP contribution in [-0.2, 0) is 9.53 Å². The van der Waals surface area contributed by atoms with Crippen LogP contribution in [0.15, 0.2) is 24.3 Å². The third-order valence-electron chi connectivity index (χ3n) is 2.38. The Morgan fingerprint density at radius 3 is 2.38 bits per heavy atom. The number of hydrogen-bond donors (Lipinski definition) is 1. The Morgan fingerprint density at radius 2 is 1.94 bits per heavy atom. The van der Waals surface area contributed by atoms with Crippen molar-refractivity contribution >= 4 is 5.97 Å². The number of rotatable bonds is 6. The van der Waals surface area contributed by atoms with Gasteiger partial charge in [0.25, 0.3) is 0 Å². The first-order valence-electron chi connectivity index (χ1n) is 5.02. The summed E-state index contributed by atoms with van der Waals surface area (Å²) in [4.78, 5) is 10.7. The molecule has 0 fully saturated rings. The minimum atomic E-state index is -0.821. The van der Waals surface area contributed by atoms with E-state index in [1.165, 1.54) is 0 Å². The summed E-state index contributed by atoms with van der Waals surface area (Å²) in [7, 11) is 3.16. The maximum atomic E-state index is 10.7. The molecule has 0 aliphatic carbocycles. The molecule has 1 aromatic carbocycles. The van der Waals surface area contributed by atoms with E-state index in [1.54, 1.807) is 14.2 Å². The largest absolute Gasteiger partial charge is 0.497 e. The fraction of sp³-hybridized carbons (Fsp3) is 0.417. The Kier molecular flexibility index (Phi) is 4.79. The smallest absolute Gasteiger partial charge is 0.304 e. The minimum absolute atomic E-state index is 0.0696. The summed E-state index contributed by atoms with van der Waals surface area (Å²) >= 11 is 0. The summed E-state index contributed by atoms with van der Waals surface area (Å²) < 4.78 is 10.1. The highest BCUT2D eigenvalue weighted by Crippen LogP contribution is 2.22. The van der Waals surface area contributed by atoms with Crippen molar-refractivity contribution in [2.75, 3.05) is 20.8 Å². The molecule has 0 spiro atoms. The average Bonchev–Trinajstić information content (AvgIpc) is 2.28. The first-order chi connectivity index (χ1) is 7.67. The highest BCUT2D eigenvalue weighted by molar-refractivity contribution is 5.68. The lowest BCUT2D eigenvalue weighted by Gasteiger charge is -2.14. The second-order valence-corrected chi connectivity index (χ2v) is 3.52. The third-order valence-corrected chi connectivity index (χ3v) is 2.38. The van der Waals surface area contributed by atoms with Crippen molar-refractivity contribution in [1.29, 1.82) is 0 Å². The minimum Gasteiger partial charge on any atom is -0.497 e. The summed E-state index contributed by atoms with van der Waals surface area (Å²) in [6, 6.07) is 7.37. The second-order valence-electron chi connectivity index (χ2n) is 3.52. The van der Waals surface area contributed by atoms with E-state index in [4.69, 9.17) is 14.6 Å². The van der Waals surface area contributed by atoms with Crippen LogP contribution < -0.4 is 4.74 Å². The SMILES string of the molecule is COCC(CC(=O)O)c1ccc(OC)cc1. The lowest BCUT2D eigenvalue weighted by Crippen LogP contribution is -2.11. The molecule has 0 aliphatic heterocycles. The molecule has 1 atom stereocenters. The van der Waals surface area contributed by atoms with Crippen LogP contribution >= 0.6 is 0 Å². The van der Waals surface area contributed by atoms with E-state index >= 15 is 0 Å². The normalized spacial score (nSPS) is 12.1. The molecule has 0 amide bonds. The van der Waals surface area contributed by atoms with Gasteiger partial charge in [-0.15, -0.1) is 0 Å². The molecule has 4 nitrogen and oxygen atoms in total. The third kappa shape index (κ3) is 3.55. The Balaban J connectivity index is 2.79. The lowest BCUT2D eigenvalue weighted by atomic mass is 9.96. The van der Waals surface area contributed by atoms with Crippen molar-refractivity contribution in [3.05, 3.63) is 29.8 Å². The Morgan fingerprint density at radius 1 is 1.31 bits per heavy atom. The van der Waals surface area contributed by atoms with Crippen LogP contribution in [0.2, 0.25) is 0 Å². The van der Waals surface area contributed by atoms with Gasteiger partial charge in [-0.1, -0.05) is 12.1 Å². The van der Waals surface area contributed by atoms with E-state index in [0.717, 1.165) is 11.3 Å². The van der Waals surface area contributed by atoms with Crippen molar-refractivity contribution in [3.63, 3.8) is 0 Å². The van der Waals surface area contributed by atoms with E-state index in [1.807, 2.05) is 24.3 Å². The topological polar surface area (TPSA) is 55.8 Å². The Labute approximate surface area is 94.8 Å². The second kappa shape index (κ2) is 6.12. The van der Waals surface area contributed by atoms with Crippen molar-refractivity contribution in [1.82, 2.24) is 0 Å². The summed E-state index contributed by atoms with van der Waals surface area (Å²) in [5, 5.41) is 8.79. The van der Waals surface area contributed by atoms with Crippen LogP contribution in [0.3, 0.4) is 0 Å². The zero-order chi connectivity index (χ0) is 12.0. The number of benzene rings is 1. The zero-order valence-electron chi connectivity index (χ0n) is 9.47. The summed E-state index contributed by atoms with van der Waals surface area (Å²) in [6.45, 7) is 0.401. The number of carbonyl (C=O) groups is 1. The molecule has 1 unspecified atom stereocenters. The molecule has 1 aromatic rings. The molecule has 0 bridgehead atoms. The lowest BCUT2D eigenvalue weighted by molar-refractivity contribution is -0.137. The molecule has 0 aliphatic rings. The van der Waals surface area contributed by atoms with Gasteiger partial charge >= 0.3 is 5.97 Å². The van der Waals surface area contributed by atoms with Gasteiger partial charge < -0.3 is 14.6 Å². The van der Waals surface area contributed by atoms with Crippen molar-refractivity contribution in [2.45, 2.75) is 12.3 Å². The molecule has 0 heterocycles. The van der Waals surface area contributed by atoms with Crippen molar-refractivity contribution in [2.24, 2.45) is 0 Å². The number of methoxy groups -OCH3 is 2. The standard InChI is InChI=1S/C12H16O4/c1-15-8-10(7-12(13)14)9-3-5-11(16-2)6-4-9/h3-6,10H,7-8H2,1-2H3,(H,13,14). The van der Waals surface area contributed by atoms with Gasteiger partial charge in [-0.25, -0.2) is 0 Å². The monoisotopic (exact) mass is 224 g/mol. The van der Waals surface area contributed by atoms with E-state index in [2.05, 4.69) is 0 Å². The molecule has 1 rings (SSSR count). The van der Waals surface area contributed by atoms with Crippen LogP contribution in [0.1, 0.15) is 17.9 Å². The quantitative estimate of drug-likeness (QED) is 0.801. The first kappa shape index (κ1) is 12.5. The molecule has 4 heteroatoms.